The smallest absolute Gasteiger partial charge is 0.337 e. The van der Waals surface area contributed by atoms with Crippen LogP contribution in [0.25, 0.3) is 0 Å². The van der Waals surface area contributed by atoms with Gasteiger partial charge in [0.2, 0.25) is 0 Å². The number of pyridine rings is 1. The zero-order valence-corrected chi connectivity index (χ0v) is 11.9. The molecule has 0 atom stereocenters. The van der Waals surface area contributed by atoms with Gasteiger partial charge >= 0.3 is 5.97 Å². The number of hydrogen-bond donors (Lipinski definition) is 2. The van der Waals surface area contributed by atoms with Gasteiger partial charge in [0.05, 0.1) is 5.56 Å². The van der Waals surface area contributed by atoms with E-state index in [0.29, 0.717) is 12.2 Å². The van der Waals surface area contributed by atoms with Crippen LogP contribution in [0.3, 0.4) is 0 Å². The molecule has 0 spiro atoms. The molecule has 98 valence electrons. The van der Waals surface area contributed by atoms with E-state index in [1.165, 1.54) is 0 Å². The molecule has 2 rings (SSSR count). The van der Waals surface area contributed by atoms with Crippen molar-refractivity contribution < 1.29 is 9.90 Å². The fraction of sp³-hybridized carbons (Fsp3) is 0.143. The van der Waals surface area contributed by atoms with Crippen LogP contribution in [0.5, 0.6) is 0 Å². The van der Waals surface area contributed by atoms with Crippen molar-refractivity contribution in [2.45, 2.75) is 13.5 Å². The molecule has 0 aliphatic heterocycles. The summed E-state index contributed by atoms with van der Waals surface area (Å²) < 4.78 is 0.744. The molecule has 0 unspecified atom stereocenters. The van der Waals surface area contributed by atoms with E-state index in [1.807, 2.05) is 19.1 Å². The van der Waals surface area contributed by atoms with Crippen molar-refractivity contribution in [3.05, 3.63) is 57.8 Å². The number of hydrogen-bond acceptors (Lipinski definition) is 3. The third-order valence-corrected chi connectivity index (χ3v) is 3.32. The number of carbonyl (C=O) groups is 1. The minimum absolute atomic E-state index is 0.246. The zero-order chi connectivity index (χ0) is 13.8. The molecule has 4 nitrogen and oxygen atoms in total. The number of carboxylic acids is 1. The van der Waals surface area contributed by atoms with Gasteiger partial charge in [0.15, 0.2) is 0 Å². The summed E-state index contributed by atoms with van der Waals surface area (Å²) >= 11 is 3.27. The van der Waals surface area contributed by atoms with Crippen molar-refractivity contribution >= 4 is 27.6 Å². The number of anilines is 1. The fourth-order valence-corrected chi connectivity index (χ4v) is 2.08. The van der Waals surface area contributed by atoms with Crippen molar-refractivity contribution in [1.29, 1.82) is 0 Å². The summed E-state index contributed by atoms with van der Waals surface area (Å²) in [6.45, 7) is 2.54. The molecule has 0 saturated heterocycles. The molecule has 0 radical (unpaired) electrons. The molecule has 1 aromatic heterocycles. The van der Waals surface area contributed by atoms with Gasteiger partial charge in [-0.05, 0) is 42.3 Å². The van der Waals surface area contributed by atoms with Crippen LogP contribution in [-0.2, 0) is 6.54 Å². The summed E-state index contributed by atoms with van der Waals surface area (Å²) in [6.07, 6.45) is 3.52. The number of benzene rings is 1. The Morgan fingerprint density at radius 2 is 2.21 bits per heavy atom. The predicted molar refractivity (Wildman–Crippen MR) is 77.4 cm³/mol. The maximum absolute atomic E-state index is 11.2. The van der Waals surface area contributed by atoms with Gasteiger partial charge in [-0.1, -0.05) is 15.9 Å². The Kier molecular flexibility index (Phi) is 4.16. The Bertz CT molecular complexity index is 614. The van der Waals surface area contributed by atoms with Crippen LogP contribution >= 0.6 is 15.9 Å². The second kappa shape index (κ2) is 5.84. The fourth-order valence-electron chi connectivity index (χ4n) is 1.72. The first-order chi connectivity index (χ1) is 9.08. The summed E-state index contributed by atoms with van der Waals surface area (Å²) in [5, 5.41) is 12.3. The maximum atomic E-state index is 11.2. The third-order valence-electron chi connectivity index (χ3n) is 2.83. The Morgan fingerprint density at radius 3 is 2.89 bits per heavy atom. The molecule has 0 saturated carbocycles. The Hall–Kier alpha value is -1.88. The predicted octanol–water partition coefficient (Wildman–Crippen LogP) is 3.46. The van der Waals surface area contributed by atoms with Crippen LogP contribution in [0, 0.1) is 6.92 Å². The first-order valence-corrected chi connectivity index (χ1v) is 6.53. The minimum atomic E-state index is -0.952. The lowest BCUT2D eigenvalue weighted by Crippen LogP contribution is -2.07. The monoisotopic (exact) mass is 320 g/mol. The van der Waals surface area contributed by atoms with E-state index < -0.39 is 5.97 Å². The van der Waals surface area contributed by atoms with E-state index in [4.69, 9.17) is 5.11 Å². The molecule has 0 aliphatic carbocycles. The van der Waals surface area contributed by atoms with Crippen LogP contribution in [0.15, 0.2) is 41.1 Å². The molecule has 5 heteroatoms. The van der Waals surface area contributed by atoms with Crippen molar-refractivity contribution in [2.75, 3.05) is 5.32 Å². The van der Waals surface area contributed by atoms with E-state index in [0.717, 1.165) is 15.6 Å². The quantitative estimate of drug-likeness (QED) is 0.905. The number of nitrogens with zero attached hydrogens (tertiary/aromatic N) is 1. The lowest BCUT2D eigenvalue weighted by atomic mass is 10.1. The second-order valence-corrected chi connectivity index (χ2v) is 5.07. The summed E-state index contributed by atoms with van der Waals surface area (Å²) in [6, 6.07) is 7.07. The lowest BCUT2D eigenvalue weighted by Gasteiger charge is -2.11. The molecule has 0 amide bonds. The van der Waals surface area contributed by atoms with Gasteiger partial charge in [-0.25, -0.2) is 4.79 Å². The highest BCUT2D eigenvalue weighted by Gasteiger charge is 2.10. The highest BCUT2D eigenvalue weighted by Crippen LogP contribution is 2.22. The molecular formula is C14H13BrN2O2. The molecule has 19 heavy (non-hydrogen) atoms. The molecule has 1 heterocycles. The minimum Gasteiger partial charge on any atom is -0.478 e. The number of carboxylic acid groups (broad SMARTS) is 1. The van der Waals surface area contributed by atoms with Crippen molar-refractivity contribution in [2.24, 2.45) is 0 Å². The topological polar surface area (TPSA) is 62.2 Å². The van der Waals surface area contributed by atoms with E-state index in [2.05, 4.69) is 26.2 Å². The molecule has 1 aromatic carbocycles. The van der Waals surface area contributed by atoms with Crippen molar-refractivity contribution in [3.8, 4) is 0 Å². The van der Waals surface area contributed by atoms with Gasteiger partial charge in [-0.3, -0.25) is 4.98 Å². The first kappa shape index (κ1) is 13.5. The zero-order valence-electron chi connectivity index (χ0n) is 10.4. The van der Waals surface area contributed by atoms with Gasteiger partial charge in [0.25, 0.3) is 0 Å². The van der Waals surface area contributed by atoms with Crippen LogP contribution in [-0.4, -0.2) is 16.1 Å². The van der Waals surface area contributed by atoms with Gasteiger partial charge < -0.3 is 10.4 Å². The van der Waals surface area contributed by atoms with Gasteiger partial charge in [0.1, 0.15) is 0 Å². The summed E-state index contributed by atoms with van der Waals surface area (Å²) in [5.74, 6) is -0.952. The SMILES string of the molecule is Cc1ccncc1CNc1ccc(Br)cc1C(=O)O. The Morgan fingerprint density at radius 1 is 1.42 bits per heavy atom. The summed E-state index contributed by atoms with van der Waals surface area (Å²) in [7, 11) is 0. The van der Waals surface area contributed by atoms with Crippen LogP contribution in [0.4, 0.5) is 5.69 Å². The standard InChI is InChI=1S/C14H13BrN2O2/c1-9-4-5-16-7-10(9)8-17-13-3-2-11(15)6-12(13)14(18)19/h2-7,17H,8H2,1H3,(H,18,19). The summed E-state index contributed by atoms with van der Waals surface area (Å²) in [4.78, 5) is 15.2. The first-order valence-electron chi connectivity index (χ1n) is 5.74. The summed E-state index contributed by atoms with van der Waals surface area (Å²) in [5.41, 5.74) is 3.01. The molecule has 0 bridgehead atoms. The molecule has 0 aliphatic rings. The van der Waals surface area contributed by atoms with Gasteiger partial charge in [-0.2, -0.15) is 0 Å². The Labute approximate surface area is 119 Å². The van der Waals surface area contributed by atoms with Crippen LogP contribution in [0.1, 0.15) is 21.5 Å². The average Bonchev–Trinajstić information content (AvgIpc) is 2.38. The second-order valence-electron chi connectivity index (χ2n) is 4.15. The third kappa shape index (κ3) is 3.32. The Balaban J connectivity index is 2.20. The van der Waals surface area contributed by atoms with E-state index >= 15 is 0 Å². The van der Waals surface area contributed by atoms with Crippen molar-refractivity contribution in [1.82, 2.24) is 4.98 Å². The highest BCUT2D eigenvalue weighted by molar-refractivity contribution is 9.10. The van der Waals surface area contributed by atoms with Crippen LogP contribution in [0.2, 0.25) is 0 Å². The maximum Gasteiger partial charge on any atom is 0.337 e. The molecule has 2 N–H and O–H groups in total. The highest BCUT2D eigenvalue weighted by atomic mass is 79.9. The molecule has 0 fully saturated rings. The largest absolute Gasteiger partial charge is 0.478 e. The normalized spacial score (nSPS) is 10.2. The van der Waals surface area contributed by atoms with Gasteiger partial charge in [0, 0.05) is 29.1 Å². The number of aryl methyl sites for hydroxylation is 1. The van der Waals surface area contributed by atoms with Crippen molar-refractivity contribution in [3.63, 3.8) is 0 Å². The molecule has 2 aromatic rings. The molecular weight excluding hydrogens is 308 g/mol. The number of rotatable bonds is 4. The van der Waals surface area contributed by atoms with Crippen LogP contribution < -0.4 is 5.32 Å². The van der Waals surface area contributed by atoms with E-state index in [-0.39, 0.29) is 5.56 Å². The number of halogens is 1. The van der Waals surface area contributed by atoms with E-state index in [1.54, 1.807) is 24.5 Å². The lowest BCUT2D eigenvalue weighted by molar-refractivity contribution is 0.0698. The number of aromatic carboxylic acids is 1. The number of nitrogens with one attached hydrogen (secondary N) is 1. The average molecular weight is 321 g/mol. The van der Waals surface area contributed by atoms with E-state index in [9.17, 15) is 4.79 Å². The number of aromatic nitrogens is 1. The van der Waals surface area contributed by atoms with Gasteiger partial charge in [-0.15, -0.1) is 0 Å².